The molecule has 0 heterocycles. The van der Waals surface area contributed by atoms with Crippen molar-refractivity contribution in [1.29, 1.82) is 0 Å². The Labute approximate surface area is 91.2 Å². The third-order valence-electron chi connectivity index (χ3n) is 2.02. The molecule has 1 N–H and O–H groups in total. The molecule has 1 aromatic carbocycles. The van der Waals surface area contributed by atoms with Crippen LogP contribution in [0.1, 0.15) is 18.5 Å². The lowest BCUT2D eigenvalue weighted by Crippen LogP contribution is -2.24. The van der Waals surface area contributed by atoms with E-state index in [0.717, 1.165) is 0 Å². The van der Waals surface area contributed by atoms with E-state index in [1.165, 1.54) is 18.2 Å². The van der Waals surface area contributed by atoms with Crippen molar-refractivity contribution in [3.8, 4) is 0 Å². The highest BCUT2D eigenvalue weighted by Crippen LogP contribution is 2.20. The minimum atomic E-state index is -2.40. The molecule has 0 aliphatic carbocycles. The molecule has 0 fully saturated rings. The first-order valence-electron chi connectivity index (χ1n) is 4.47. The summed E-state index contributed by atoms with van der Waals surface area (Å²) in [5, 5.41) is 2.61. The maximum atomic E-state index is 12.8. The smallest absolute Gasteiger partial charge is 0.250 e. The minimum absolute atomic E-state index is 0.00167. The van der Waals surface area contributed by atoms with Gasteiger partial charge in [0.15, 0.2) is 0 Å². The molecule has 0 aliphatic rings. The van der Waals surface area contributed by atoms with Crippen molar-refractivity contribution in [3.63, 3.8) is 0 Å². The maximum Gasteiger partial charge on any atom is 0.250 e. The molecule has 0 aliphatic heterocycles. The summed E-state index contributed by atoms with van der Waals surface area (Å²) in [6.07, 6.45) is -2.40. The van der Waals surface area contributed by atoms with Crippen molar-refractivity contribution < 1.29 is 13.2 Å². The number of benzene rings is 1. The number of hydrogen-bond acceptors (Lipinski definition) is 1. The zero-order chi connectivity index (χ0) is 11.4. The van der Waals surface area contributed by atoms with Gasteiger partial charge in [-0.05, 0) is 24.6 Å². The Hall–Kier alpha value is -0.740. The Balaban J connectivity index is 2.65. The predicted octanol–water partition coefficient (Wildman–Crippen LogP) is 3.39. The van der Waals surface area contributed by atoms with Crippen molar-refractivity contribution in [2.24, 2.45) is 0 Å². The fourth-order valence-electron chi connectivity index (χ4n) is 1.17. The van der Waals surface area contributed by atoms with E-state index in [1.807, 2.05) is 0 Å². The third-order valence-corrected chi connectivity index (χ3v) is 2.31. The summed E-state index contributed by atoms with van der Waals surface area (Å²) < 4.78 is 36.6. The predicted molar refractivity (Wildman–Crippen MR) is 53.8 cm³/mol. The topological polar surface area (TPSA) is 12.0 Å². The normalized spacial score (nSPS) is 13.2. The highest BCUT2D eigenvalue weighted by atomic mass is 35.5. The Kier molecular flexibility index (Phi) is 4.42. The van der Waals surface area contributed by atoms with Crippen LogP contribution < -0.4 is 5.32 Å². The van der Waals surface area contributed by atoms with Gasteiger partial charge in [0.2, 0.25) is 0 Å². The van der Waals surface area contributed by atoms with Gasteiger partial charge in [-0.3, -0.25) is 0 Å². The van der Waals surface area contributed by atoms with E-state index in [0.29, 0.717) is 5.56 Å². The molecule has 1 aromatic rings. The van der Waals surface area contributed by atoms with Gasteiger partial charge in [0.25, 0.3) is 6.43 Å². The quantitative estimate of drug-likeness (QED) is 0.846. The van der Waals surface area contributed by atoms with E-state index in [-0.39, 0.29) is 11.1 Å². The number of hydrogen-bond donors (Lipinski definition) is 1. The van der Waals surface area contributed by atoms with E-state index >= 15 is 0 Å². The summed E-state index contributed by atoms with van der Waals surface area (Å²) in [4.78, 5) is 0. The van der Waals surface area contributed by atoms with Crippen LogP contribution in [0.25, 0.3) is 0 Å². The van der Waals surface area contributed by atoms with Gasteiger partial charge in [-0.15, -0.1) is 0 Å². The molecule has 0 bridgehead atoms. The van der Waals surface area contributed by atoms with Crippen LogP contribution in [-0.2, 0) is 0 Å². The minimum Gasteiger partial charge on any atom is -0.305 e. The lowest BCUT2D eigenvalue weighted by atomic mass is 10.1. The van der Waals surface area contributed by atoms with Crippen molar-refractivity contribution in [1.82, 2.24) is 5.32 Å². The van der Waals surface area contributed by atoms with Gasteiger partial charge in [-0.1, -0.05) is 17.7 Å². The van der Waals surface area contributed by atoms with Crippen molar-refractivity contribution in [2.75, 3.05) is 6.54 Å². The fraction of sp³-hybridized carbons (Fsp3) is 0.400. The Morgan fingerprint density at radius 3 is 2.60 bits per heavy atom. The van der Waals surface area contributed by atoms with Gasteiger partial charge in [-0.2, -0.15) is 0 Å². The van der Waals surface area contributed by atoms with Gasteiger partial charge in [-0.25, -0.2) is 13.2 Å². The number of alkyl halides is 2. The molecular formula is C10H11ClF3N. The first kappa shape index (κ1) is 12.3. The number of rotatable bonds is 4. The van der Waals surface area contributed by atoms with Gasteiger partial charge in [0, 0.05) is 6.04 Å². The zero-order valence-corrected chi connectivity index (χ0v) is 8.86. The molecule has 1 atom stereocenters. The molecule has 0 saturated heterocycles. The van der Waals surface area contributed by atoms with Crippen LogP contribution in [0.4, 0.5) is 13.2 Å². The highest BCUT2D eigenvalue weighted by molar-refractivity contribution is 6.30. The van der Waals surface area contributed by atoms with E-state index in [1.54, 1.807) is 6.92 Å². The monoisotopic (exact) mass is 237 g/mol. The first-order valence-corrected chi connectivity index (χ1v) is 4.85. The van der Waals surface area contributed by atoms with Gasteiger partial charge >= 0.3 is 0 Å². The molecule has 0 saturated carbocycles. The van der Waals surface area contributed by atoms with Crippen LogP contribution in [0, 0.1) is 5.82 Å². The first-order chi connectivity index (χ1) is 7.00. The third kappa shape index (κ3) is 3.72. The van der Waals surface area contributed by atoms with Crippen molar-refractivity contribution >= 4 is 11.6 Å². The van der Waals surface area contributed by atoms with E-state index in [2.05, 4.69) is 5.32 Å². The summed E-state index contributed by atoms with van der Waals surface area (Å²) in [5.74, 6) is -0.513. The number of nitrogens with one attached hydrogen (secondary N) is 1. The summed E-state index contributed by atoms with van der Waals surface area (Å²) in [6.45, 7) is 1.32. The average Bonchev–Trinajstić information content (AvgIpc) is 2.18. The van der Waals surface area contributed by atoms with Gasteiger partial charge in [0.1, 0.15) is 5.82 Å². The summed E-state index contributed by atoms with van der Waals surface area (Å²) in [7, 11) is 0. The second-order valence-corrected chi connectivity index (χ2v) is 3.60. The molecule has 84 valence electrons. The fourth-order valence-corrected chi connectivity index (χ4v) is 1.35. The molecule has 1 nitrogen and oxygen atoms in total. The second-order valence-electron chi connectivity index (χ2n) is 3.19. The van der Waals surface area contributed by atoms with Crippen LogP contribution in [0.2, 0.25) is 5.02 Å². The largest absolute Gasteiger partial charge is 0.305 e. The van der Waals surface area contributed by atoms with E-state index < -0.39 is 18.8 Å². The van der Waals surface area contributed by atoms with Crippen LogP contribution >= 0.6 is 11.6 Å². The SMILES string of the molecule is CC(NCC(F)F)c1ccc(F)c(Cl)c1. The van der Waals surface area contributed by atoms with E-state index in [4.69, 9.17) is 11.6 Å². The van der Waals surface area contributed by atoms with Crippen LogP contribution in [0.3, 0.4) is 0 Å². The zero-order valence-electron chi connectivity index (χ0n) is 8.11. The van der Waals surface area contributed by atoms with Crippen LogP contribution in [-0.4, -0.2) is 13.0 Å². The average molecular weight is 238 g/mol. The standard InChI is InChI=1S/C10H11ClF3N/c1-6(15-5-10(13)14)7-2-3-9(12)8(11)4-7/h2-4,6,10,15H,5H2,1H3. The molecule has 0 spiro atoms. The lowest BCUT2D eigenvalue weighted by molar-refractivity contribution is 0.142. The van der Waals surface area contributed by atoms with Crippen LogP contribution in [0.15, 0.2) is 18.2 Å². The Morgan fingerprint density at radius 1 is 1.40 bits per heavy atom. The molecular weight excluding hydrogens is 227 g/mol. The van der Waals surface area contributed by atoms with Crippen molar-refractivity contribution in [3.05, 3.63) is 34.6 Å². The van der Waals surface area contributed by atoms with Crippen LogP contribution in [0.5, 0.6) is 0 Å². The molecule has 0 aromatic heterocycles. The molecule has 15 heavy (non-hydrogen) atoms. The maximum absolute atomic E-state index is 12.8. The summed E-state index contributed by atoms with van der Waals surface area (Å²) in [5.41, 5.74) is 0.682. The lowest BCUT2D eigenvalue weighted by Gasteiger charge is -2.14. The van der Waals surface area contributed by atoms with E-state index in [9.17, 15) is 13.2 Å². The summed E-state index contributed by atoms with van der Waals surface area (Å²) >= 11 is 5.57. The molecule has 0 amide bonds. The van der Waals surface area contributed by atoms with Crippen molar-refractivity contribution in [2.45, 2.75) is 19.4 Å². The van der Waals surface area contributed by atoms with Gasteiger partial charge in [0.05, 0.1) is 11.6 Å². The van der Waals surface area contributed by atoms with Gasteiger partial charge < -0.3 is 5.32 Å². The molecule has 5 heteroatoms. The second kappa shape index (κ2) is 5.37. The molecule has 1 rings (SSSR count). The molecule has 1 unspecified atom stereocenters. The Bertz CT molecular complexity index is 330. The highest BCUT2D eigenvalue weighted by Gasteiger charge is 2.10. The molecule has 0 radical (unpaired) electrons. The Morgan fingerprint density at radius 2 is 2.07 bits per heavy atom. The summed E-state index contributed by atoms with van der Waals surface area (Å²) in [6, 6.07) is 3.89. The number of halogens is 4.